The van der Waals surface area contributed by atoms with Crippen LogP contribution in [0.15, 0.2) is 6.20 Å². The fourth-order valence-corrected chi connectivity index (χ4v) is 3.29. The summed E-state index contributed by atoms with van der Waals surface area (Å²) in [6.07, 6.45) is 4.07. The van der Waals surface area contributed by atoms with Gasteiger partial charge in [-0.05, 0) is 51.7 Å². The van der Waals surface area contributed by atoms with Crippen molar-refractivity contribution in [3.63, 3.8) is 0 Å². The summed E-state index contributed by atoms with van der Waals surface area (Å²) in [7, 11) is 3.41. The monoisotopic (exact) mass is 373 g/mol. The van der Waals surface area contributed by atoms with Crippen LogP contribution in [0.5, 0.6) is 0 Å². The maximum atomic E-state index is 12.4. The third kappa shape index (κ3) is 4.84. The molecular weight excluding hydrogens is 342 g/mol. The van der Waals surface area contributed by atoms with Gasteiger partial charge in [0.25, 0.3) is 0 Å². The molecule has 0 aromatic carbocycles. The van der Waals surface area contributed by atoms with Gasteiger partial charge < -0.3 is 10.2 Å². The number of nitrogens with zero attached hydrogens (tertiary/aromatic N) is 4. The third-order valence-electron chi connectivity index (χ3n) is 5.02. The van der Waals surface area contributed by atoms with Crippen molar-refractivity contribution in [3.8, 4) is 0 Å². The number of carbonyl (C=O) groups is 2. The average Bonchev–Trinajstić information content (AvgIpc) is 3.05. The highest BCUT2D eigenvalue weighted by Gasteiger charge is 2.17. The molecule has 2 rings (SSSR count). The van der Waals surface area contributed by atoms with E-state index in [1.54, 1.807) is 19.0 Å². The van der Waals surface area contributed by atoms with Crippen molar-refractivity contribution in [2.24, 2.45) is 0 Å². The lowest BCUT2D eigenvalue weighted by molar-refractivity contribution is -0.130. The van der Waals surface area contributed by atoms with Crippen LogP contribution >= 0.6 is 0 Å². The van der Waals surface area contributed by atoms with E-state index in [2.05, 4.69) is 31.2 Å². The molecule has 0 radical (unpaired) electrons. The van der Waals surface area contributed by atoms with E-state index in [0.29, 0.717) is 32.2 Å². The molecule has 0 saturated carbocycles. The van der Waals surface area contributed by atoms with E-state index in [-0.39, 0.29) is 17.9 Å². The van der Waals surface area contributed by atoms with Gasteiger partial charge in [0.1, 0.15) is 0 Å². The second-order valence-corrected chi connectivity index (χ2v) is 7.31. The lowest BCUT2D eigenvalue weighted by atomic mass is 10.00. The molecule has 2 aromatic rings. The molecule has 0 saturated heterocycles. The normalized spacial score (nSPS) is 11.2. The fourth-order valence-electron chi connectivity index (χ4n) is 3.29. The Morgan fingerprint density at radius 2 is 1.96 bits per heavy atom. The molecule has 27 heavy (non-hydrogen) atoms. The van der Waals surface area contributed by atoms with Crippen LogP contribution in [0, 0.1) is 13.8 Å². The van der Waals surface area contributed by atoms with Crippen molar-refractivity contribution in [3.05, 3.63) is 23.0 Å². The van der Waals surface area contributed by atoms with Gasteiger partial charge in [-0.25, -0.2) is 9.67 Å². The minimum atomic E-state index is 0.00317. The van der Waals surface area contributed by atoms with Crippen LogP contribution in [0.2, 0.25) is 0 Å². The third-order valence-corrected chi connectivity index (χ3v) is 5.02. The van der Waals surface area contributed by atoms with Crippen molar-refractivity contribution in [2.75, 3.05) is 20.6 Å². The van der Waals surface area contributed by atoms with E-state index < -0.39 is 0 Å². The van der Waals surface area contributed by atoms with Crippen molar-refractivity contribution in [1.82, 2.24) is 25.0 Å². The van der Waals surface area contributed by atoms with Crippen molar-refractivity contribution >= 4 is 22.8 Å². The van der Waals surface area contributed by atoms with Crippen LogP contribution in [-0.4, -0.2) is 52.1 Å². The summed E-state index contributed by atoms with van der Waals surface area (Å²) >= 11 is 0. The Balaban J connectivity index is 2.04. The second kappa shape index (κ2) is 8.97. The van der Waals surface area contributed by atoms with Gasteiger partial charge >= 0.3 is 0 Å². The van der Waals surface area contributed by atoms with Gasteiger partial charge in [0, 0.05) is 50.6 Å². The van der Waals surface area contributed by atoms with Gasteiger partial charge in [0.2, 0.25) is 11.8 Å². The molecule has 0 aliphatic rings. The molecule has 2 heterocycles. The molecule has 0 aliphatic heterocycles. The minimum Gasteiger partial charge on any atom is -0.359 e. The highest BCUT2D eigenvalue weighted by molar-refractivity contribution is 5.81. The molecule has 148 valence electrons. The summed E-state index contributed by atoms with van der Waals surface area (Å²) in [5, 5.41) is 8.11. The molecule has 0 atom stereocenters. The van der Waals surface area contributed by atoms with Gasteiger partial charge in [-0.1, -0.05) is 0 Å². The Morgan fingerprint density at radius 1 is 1.26 bits per heavy atom. The molecular formula is C20H31N5O2. The van der Waals surface area contributed by atoms with Gasteiger partial charge in [0.05, 0.1) is 6.20 Å². The van der Waals surface area contributed by atoms with Crippen molar-refractivity contribution in [2.45, 2.75) is 59.4 Å². The van der Waals surface area contributed by atoms with E-state index in [1.807, 2.05) is 17.8 Å². The van der Waals surface area contributed by atoms with Crippen LogP contribution < -0.4 is 5.32 Å². The number of aromatic nitrogens is 3. The number of amides is 2. The second-order valence-electron chi connectivity index (χ2n) is 7.31. The van der Waals surface area contributed by atoms with E-state index >= 15 is 0 Å². The fraction of sp³-hybridized carbons (Fsp3) is 0.600. The highest BCUT2D eigenvalue weighted by Crippen LogP contribution is 2.25. The van der Waals surface area contributed by atoms with Gasteiger partial charge in [-0.15, -0.1) is 0 Å². The van der Waals surface area contributed by atoms with Crippen molar-refractivity contribution < 1.29 is 9.59 Å². The Bertz CT molecular complexity index is 825. The van der Waals surface area contributed by atoms with Gasteiger partial charge in [-0.3, -0.25) is 9.59 Å². The van der Waals surface area contributed by atoms with E-state index in [9.17, 15) is 9.59 Å². The van der Waals surface area contributed by atoms with Gasteiger partial charge in [-0.2, -0.15) is 5.10 Å². The van der Waals surface area contributed by atoms with Crippen LogP contribution in [0.4, 0.5) is 0 Å². The van der Waals surface area contributed by atoms with Crippen LogP contribution in [0.1, 0.15) is 56.0 Å². The number of aryl methyl sites for hydroxylation is 2. The zero-order valence-electron chi connectivity index (χ0n) is 17.3. The number of fused-ring (bicyclic) bond motifs is 1. The predicted molar refractivity (Wildman–Crippen MR) is 107 cm³/mol. The van der Waals surface area contributed by atoms with Gasteiger partial charge in [0.15, 0.2) is 5.65 Å². The summed E-state index contributed by atoms with van der Waals surface area (Å²) in [5.74, 6) is 0.0899. The SMILES string of the molecule is CNC(=O)CCCN(C)C(=O)CCc1c(C)nc2c(cnn2C(C)C)c1C. The first-order chi connectivity index (χ1) is 12.8. The molecule has 0 fully saturated rings. The number of carbonyl (C=O) groups excluding carboxylic acids is 2. The molecule has 7 heteroatoms. The predicted octanol–water partition coefficient (Wildman–Crippen LogP) is 2.55. The Kier molecular flexibility index (Phi) is 6.93. The number of pyridine rings is 1. The smallest absolute Gasteiger partial charge is 0.222 e. The van der Waals surface area contributed by atoms with Crippen molar-refractivity contribution in [1.29, 1.82) is 0 Å². The largest absolute Gasteiger partial charge is 0.359 e. The highest BCUT2D eigenvalue weighted by atomic mass is 16.2. The Labute approximate surface area is 161 Å². The quantitative estimate of drug-likeness (QED) is 0.771. The number of hydrogen-bond acceptors (Lipinski definition) is 4. The summed E-state index contributed by atoms with van der Waals surface area (Å²) in [6.45, 7) is 8.84. The lowest BCUT2D eigenvalue weighted by Crippen LogP contribution is -2.29. The zero-order chi connectivity index (χ0) is 20.1. The molecule has 2 aromatic heterocycles. The van der Waals surface area contributed by atoms with E-state index in [4.69, 9.17) is 4.98 Å². The summed E-state index contributed by atoms with van der Waals surface area (Å²) < 4.78 is 1.94. The standard InChI is InChI=1S/C20H31N5O2/c1-13(2)25-20-17(12-22-25)14(3)16(15(4)23-20)9-10-19(27)24(6)11-7-8-18(26)21-5/h12-13H,7-11H2,1-6H3,(H,21,26). The number of rotatable bonds is 8. The summed E-state index contributed by atoms with van der Waals surface area (Å²) in [6, 6.07) is 0.254. The maximum absolute atomic E-state index is 12.4. The zero-order valence-corrected chi connectivity index (χ0v) is 17.3. The molecule has 0 aliphatic carbocycles. The molecule has 0 unspecified atom stereocenters. The molecule has 0 spiro atoms. The first kappa shape index (κ1) is 20.9. The minimum absolute atomic E-state index is 0.00317. The maximum Gasteiger partial charge on any atom is 0.222 e. The van der Waals surface area contributed by atoms with Crippen LogP contribution in [0.3, 0.4) is 0 Å². The number of hydrogen-bond donors (Lipinski definition) is 1. The molecule has 0 bridgehead atoms. The average molecular weight is 374 g/mol. The number of nitrogens with one attached hydrogen (secondary N) is 1. The Morgan fingerprint density at radius 3 is 2.59 bits per heavy atom. The van der Waals surface area contributed by atoms with Crippen LogP contribution in [-0.2, 0) is 16.0 Å². The van der Waals surface area contributed by atoms with Crippen LogP contribution in [0.25, 0.3) is 11.0 Å². The molecule has 2 amide bonds. The summed E-state index contributed by atoms with van der Waals surface area (Å²) in [5.41, 5.74) is 4.14. The Hall–Kier alpha value is -2.44. The summed E-state index contributed by atoms with van der Waals surface area (Å²) in [4.78, 5) is 30.2. The van der Waals surface area contributed by atoms with E-state index in [0.717, 1.165) is 27.9 Å². The molecule has 7 nitrogen and oxygen atoms in total. The first-order valence-corrected chi connectivity index (χ1v) is 9.54. The lowest BCUT2D eigenvalue weighted by Gasteiger charge is -2.18. The molecule has 1 N–H and O–H groups in total. The topological polar surface area (TPSA) is 80.1 Å². The first-order valence-electron chi connectivity index (χ1n) is 9.54. The van der Waals surface area contributed by atoms with E-state index in [1.165, 1.54) is 0 Å².